The van der Waals surface area contributed by atoms with Crippen molar-refractivity contribution in [1.82, 2.24) is 15.3 Å². The lowest BCUT2D eigenvalue weighted by molar-refractivity contribution is 0.290. The summed E-state index contributed by atoms with van der Waals surface area (Å²) < 4.78 is 1.04. The molecule has 134 valence electrons. The molecule has 0 aromatic carbocycles. The molecule has 1 aliphatic heterocycles. The number of nitrogens with zero attached hydrogens (tertiary/aromatic N) is 5. The number of fused-ring (bicyclic) bond motifs is 1. The number of hydrogen-bond acceptors (Lipinski definition) is 8. The van der Waals surface area contributed by atoms with Gasteiger partial charge >= 0.3 is 0 Å². The van der Waals surface area contributed by atoms with E-state index in [9.17, 15) is 5.11 Å². The molecule has 0 aliphatic carbocycles. The Kier molecular flexibility index (Phi) is 6.02. The van der Waals surface area contributed by atoms with Crippen molar-refractivity contribution in [1.29, 1.82) is 5.26 Å². The minimum Gasteiger partial charge on any atom is -0.395 e. The molecule has 7 nitrogen and oxygen atoms in total. The van der Waals surface area contributed by atoms with E-state index in [0.29, 0.717) is 31.5 Å². The number of rotatable bonds is 7. The third-order valence-electron chi connectivity index (χ3n) is 4.54. The molecule has 1 saturated heterocycles. The molecule has 0 saturated carbocycles. The van der Waals surface area contributed by atoms with Crippen LogP contribution in [0.5, 0.6) is 0 Å². The first-order valence-electron chi connectivity index (χ1n) is 8.66. The van der Waals surface area contributed by atoms with Gasteiger partial charge in [-0.2, -0.15) is 10.2 Å². The number of hydrogen-bond donors (Lipinski definition) is 2. The third-order valence-corrected chi connectivity index (χ3v) is 5.44. The first-order valence-corrected chi connectivity index (χ1v) is 9.54. The molecule has 8 heteroatoms. The predicted molar refractivity (Wildman–Crippen MR) is 101 cm³/mol. The van der Waals surface area contributed by atoms with E-state index in [1.807, 2.05) is 23.4 Å². The van der Waals surface area contributed by atoms with Gasteiger partial charge < -0.3 is 20.2 Å². The number of aromatic nitrogens is 2. The van der Waals surface area contributed by atoms with Gasteiger partial charge in [0.2, 0.25) is 5.95 Å². The van der Waals surface area contributed by atoms with Crippen LogP contribution in [0.4, 0.5) is 11.8 Å². The van der Waals surface area contributed by atoms with Crippen LogP contribution >= 0.6 is 11.3 Å². The van der Waals surface area contributed by atoms with Crippen molar-refractivity contribution >= 4 is 33.3 Å². The Hall–Kier alpha value is -1.95. The van der Waals surface area contributed by atoms with Crippen LogP contribution in [0.3, 0.4) is 0 Å². The Morgan fingerprint density at radius 3 is 2.88 bits per heavy atom. The topological polar surface area (TPSA) is 88.3 Å². The number of aliphatic hydroxyl groups is 1. The molecular weight excluding hydrogens is 336 g/mol. The maximum atomic E-state index is 9.54. The highest BCUT2D eigenvalue weighted by Gasteiger charge is 2.24. The first-order chi connectivity index (χ1) is 12.2. The number of nitriles is 1. The van der Waals surface area contributed by atoms with Crippen LogP contribution in [0.2, 0.25) is 0 Å². The van der Waals surface area contributed by atoms with Crippen molar-refractivity contribution in [3.8, 4) is 6.07 Å². The summed E-state index contributed by atoms with van der Waals surface area (Å²) >= 11 is 1.62. The largest absolute Gasteiger partial charge is 0.395 e. The lowest BCUT2D eigenvalue weighted by Gasteiger charge is -2.34. The Bertz CT molecular complexity index is 736. The van der Waals surface area contributed by atoms with Crippen LogP contribution in [0, 0.1) is 11.3 Å². The van der Waals surface area contributed by atoms with E-state index in [-0.39, 0.29) is 6.61 Å². The van der Waals surface area contributed by atoms with Gasteiger partial charge in [-0.25, -0.2) is 4.98 Å². The van der Waals surface area contributed by atoms with Gasteiger partial charge in [0.25, 0.3) is 0 Å². The molecule has 2 aromatic rings. The average Bonchev–Trinajstić information content (AvgIpc) is 3.12. The Morgan fingerprint density at radius 2 is 2.16 bits per heavy atom. The molecule has 2 N–H and O–H groups in total. The third kappa shape index (κ3) is 4.00. The molecule has 25 heavy (non-hydrogen) atoms. The van der Waals surface area contributed by atoms with Crippen LogP contribution in [-0.2, 0) is 0 Å². The standard InChI is InChI=1S/C17H24N6OS/c1-22(9-2-6-18)16-15-14(5-12-25-15)20-17(21-16)23(10-11-24)13-3-7-19-8-4-13/h5,12-13,19,24H,2-4,7-11H2,1H3. The number of aliphatic hydroxyl groups excluding tert-OH is 1. The van der Waals surface area contributed by atoms with Crippen molar-refractivity contribution in [3.05, 3.63) is 11.4 Å². The summed E-state index contributed by atoms with van der Waals surface area (Å²) in [5, 5.41) is 23.8. The molecule has 0 bridgehead atoms. The fraction of sp³-hybridized carbons (Fsp3) is 0.588. The molecule has 0 atom stereocenters. The van der Waals surface area contributed by atoms with Crippen molar-refractivity contribution < 1.29 is 5.11 Å². The van der Waals surface area contributed by atoms with E-state index < -0.39 is 0 Å². The Morgan fingerprint density at radius 1 is 1.36 bits per heavy atom. The zero-order chi connectivity index (χ0) is 17.6. The van der Waals surface area contributed by atoms with E-state index in [1.165, 1.54) is 0 Å². The van der Waals surface area contributed by atoms with Crippen LogP contribution in [0.15, 0.2) is 11.4 Å². The monoisotopic (exact) mass is 360 g/mol. The SMILES string of the molecule is CN(CCC#N)c1nc(N(CCO)C2CCNCC2)nc2ccsc12. The van der Waals surface area contributed by atoms with E-state index in [4.69, 9.17) is 15.2 Å². The lowest BCUT2D eigenvalue weighted by atomic mass is 10.1. The molecular formula is C17H24N6OS. The van der Waals surface area contributed by atoms with Crippen molar-refractivity contribution in [2.24, 2.45) is 0 Å². The predicted octanol–water partition coefficient (Wildman–Crippen LogP) is 1.59. The zero-order valence-electron chi connectivity index (χ0n) is 14.5. The summed E-state index contributed by atoms with van der Waals surface area (Å²) in [6.45, 7) is 3.19. The second kappa shape index (κ2) is 8.43. The molecule has 0 unspecified atom stereocenters. The molecule has 0 amide bonds. The van der Waals surface area contributed by atoms with Crippen LogP contribution < -0.4 is 15.1 Å². The Labute approximate surface area is 151 Å². The summed E-state index contributed by atoms with van der Waals surface area (Å²) in [7, 11) is 1.96. The molecule has 0 radical (unpaired) electrons. The molecule has 2 aromatic heterocycles. The lowest BCUT2D eigenvalue weighted by Crippen LogP contribution is -2.45. The molecule has 3 rings (SSSR count). The second-order valence-electron chi connectivity index (χ2n) is 6.21. The average molecular weight is 360 g/mol. The number of thiophene rings is 1. The minimum atomic E-state index is 0.0779. The zero-order valence-corrected chi connectivity index (χ0v) is 15.3. The normalized spacial score (nSPS) is 15.2. The summed E-state index contributed by atoms with van der Waals surface area (Å²) in [4.78, 5) is 13.7. The number of piperidine rings is 1. The van der Waals surface area contributed by atoms with E-state index in [2.05, 4.69) is 16.3 Å². The number of nitrogens with one attached hydrogen (secondary N) is 1. The second-order valence-corrected chi connectivity index (χ2v) is 7.13. The van der Waals surface area contributed by atoms with E-state index in [0.717, 1.165) is 42.0 Å². The van der Waals surface area contributed by atoms with Crippen LogP contribution in [-0.4, -0.2) is 60.9 Å². The van der Waals surface area contributed by atoms with Gasteiger partial charge in [0.05, 0.1) is 29.3 Å². The quantitative estimate of drug-likeness (QED) is 0.775. The van der Waals surface area contributed by atoms with Gasteiger partial charge in [-0.05, 0) is 37.4 Å². The Balaban J connectivity index is 1.97. The summed E-state index contributed by atoms with van der Waals surface area (Å²) in [5.74, 6) is 1.53. The molecule has 1 fully saturated rings. The van der Waals surface area contributed by atoms with Gasteiger partial charge in [-0.15, -0.1) is 11.3 Å². The van der Waals surface area contributed by atoms with Gasteiger partial charge in [0.1, 0.15) is 0 Å². The maximum absolute atomic E-state index is 9.54. The highest BCUT2D eigenvalue weighted by Crippen LogP contribution is 2.31. The van der Waals surface area contributed by atoms with Crippen LogP contribution in [0.1, 0.15) is 19.3 Å². The summed E-state index contributed by atoms with van der Waals surface area (Å²) in [6, 6.07) is 4.53. The van der Waals surface area contributed by atoms with E-state index in [1.54, 1.807) is 11.3 Å². The summed E-state index contributed by atoms with van der Waals surface area (Å²) in [6.07, 6.45) is 2.49. The van der Waals surface area contributed by atoms with Crippen molar-refractivity contribution in [2.75, 3.05) is 49.6 Å². The molecule has 1 aliphatic rings. The van der Waals surface area contributed by atoms with E-state index >= 15 is 0 Å². The van der Waals surface area contributed by atoms with Gasteiger partial charge in [0, 0.05) is 26.2 Å². The first kappa shape index (κ1) is 17.9. The fourth-order valence-corrected chi connectivity index (χ4v) is 4.09. The van der Waals surface area contributed by atoms with Crippen LogP contribution in [0.25, 0.3) is 10.2 Å². The number of anilines is 2. The summed E-state index contributed by atoms with van der Waals surface area (Å²) in [5.41, 5.74) is 0.922. The fourth-order valence-electron chi connectivity index (χ4n) is 3.22. The van der Waals surface area contributed by atoms with Gasteiger partial charge in [0.15, 0.2) is 5.82 Å². The van der Waals surface area contributed by atoms with Crippen molar-refractivity contribution in [3.63, 3.8) is 0 Å². The highest BCUT2D eigenvalue weighted by molar-refractivity contribution is 7.17. The minimum absolute atomic E-state index is 0.0779. The maximum Gasteiger partial charge on any atom is 0.228 e. The molecule has 3 heterocycles. The van der Waals surface area contributed by atoms with Gasteiger partial charge in [-0.1, -0.05) is 0 Å². The van der Waals surface area contributed by atoms with Crippen molar-refractivity contribution in [2.45, 2.75) is 25.3 Å². The smallest absolute Gasteiger partial charge is 0.228 e. The van der Waals surface area contributed by atoms with Gasteiger partial charge in [-0.3, -0.25) is 0 Å². The highest BCUT2D eigenvalue weighted by atomic mass is 32.1. The molecule has 0 spiro atoms.